The number of aryl methyl sites for hydroxylation is 1. The molecule has 1 aliphatic heterocycles. The van der Waals surface area contributed by atoms with Crippen molar-refractivity contribution < 1.29 is 18.3 Å². The Bertz CT molecular complexity index is 869. The monoisotopic (exact) mass is 374 g/mol. The molecule has 1 aliphatic rings. The van der Waals surface area contributed by atoms with E-state index in [4.69, 9.17) is 0 Å². The molecule has 1 fully saturated rings. The fourth-order valence-corrected chi connectivity index (χ4v) is 4.48. The number of hydrogen-bond donors (Lipinski definition) is 2. The Morgan fingerprint density at radius 1 is 1.04 bits per heavy atom. The van der Waals surface area contributed by atoms with Gasteiger partial charge in [0.25, 0.3) is 0 Å². The fraction of sp³-hybridized carbons (Fsp3) is 0.316. The van der Waals surface area contributed by atoms with Crippen molar-refractivity contribution in [3.8, 4) is 5.75 Å². The highest BCUT2D eigenvalue weighted by Gasteiger charge is 2.32. The molecule has 0 spiro atoms. The maximum atomic E-state index is 12.7. The average molecular weight is 374 g/mol. The molecule has 7 heteroatoms. The van der Waals surface area contributed by atoms with Crippen LogP contribution in [-0.2, 0) is 14.8 Å². The van der Waals surface area contributed by atoms with E-state index in [2.05, 4.69) is 5.32 Å². The number of phenols is 1. The first-order chi connectivity index (χ1) is 12.4. The Morgan fingerprint density at radius 3 is 2.19 bits per heavy atom. The predicted molar refractivity (Wildman–Crippen MR) is 99.4 cm³/mol. The summed E-state index contributed by atoms with van der Waals surface area (Å²) in [5.41, 5.74) is 1.62. The lowest BCUT2D eigenvalue weighted by Gasteiger charge is -2.30. The van der Waals surface area contributed by atoms with Crippen LogP contribution in [0.2, 0.25) is 0 Å². The number of nitrogens with zero attached hydrogens (tertiary/aromatic N) is 1. The SMILES string of the molecule is Cc1ccc(S(=O)(=O)N2CCC(C(=O)Nc3ccc(O)cc3)CC2)cc1. The summed E-state index contributed by atoms with van der Waals surface area (Å²) in [5, 5.41) is 12.1. The van der Waals surface area contributed by atoms with Gasteiger partial charge in [0.05, 0.1) is 4.90 Å². The topological polar surface area (TPSA) is 86.7 Å². The van der Waals surface area contributed by atoms with E-state index in [-0.39, 0.29) is 22.5 Å². The summed E-state index contributed by atoms with van der Waals surface area (Å²) < 4.78 is 26.8. The van der Waals surface area contributed by atoms with Gasteiger partial charge in [-0.3, -0.25) is 4.79 Å². The van der Waals surface area contributed by atoms with Gasteiger partial charge in [0.2, 0.25) is 15.9 Å². The molecule has 2 aromatic rings. The first-order valence-electron chi connectivity index (χ1n) is 8.53. The summed E-state index contributed by atoms with van der Waals surface area (Å²) in [6, 6.07) is 13.1. The highest BCUT2D eigenvalue weighted by Crippen LogP contribution is 2.25. The third-order valence-electron chi connectivity index (χ3n) is 4.62. The first-order valence-corrected chi connectivity index (χ1v) is 9.97. The van der Waals surface area contributed by atoms with Crippen LogP contribution in [0.3, 0.4) is 0 Å². The van der Waals surface area contributed by atoms with Gasteiger partial charge in [-0.15, -0.1) is 0 Å². The second-order valence-electron chi connectivity index (χ2n) is 6.53. The molecule has 0 aromatic heterocycles. The quantitative estimate of drug-likeness (QED) is 0.806. The second kappa shape index (κ2) is 7.47. The molecule has 0 radical (unpaired) electrons. The summed E-state index contributed by atoms with van der Waals surface area (Å²) in [6.07, 6.45) is 0.962. The molecule has 0 unspecified atom stereocenters. The molecule has 0 atom stereocenters. The van der Waals surface area contributed by atoms with Crippen molar-refractivity contribution in [2.45, 2.75) is 24.7 Å². The van der Waals surface area contributed by atoms with Crippen LogP contribution in [0.5, 0.6) is 5.75 Å². The normalized spacial score (nSPS) is 16.3. The molecule has 0 aliphatic carbocycles. The van der Waals surface area contributed by atoms with E-state index in [1.165, 1.54) is 16.4 Å². The first kappa shape index (κ1) is 18.4. The van der Waals surface area contributed by atoms with Crippen molar-refractivity contribution in [1.82, 2.24) is 4.31 Å². The molecule has 138 valence electrons. The van der Waals surface area contributed by atoms with E-state index in [9.17, 15) is 18.3 Å². The Hall–Kier alpha value is -2.38. The molecular weight excluding hydrogens is 352 g/mol. The Labute approximate surface area is 153 Å². The molecule has 0 saturated carbocycles. The van der Waals surface area contributed by atoms with E-state index in [1.54, 1.807) is 36.4 Å². The number of sulfonamides is 1. The number of piperidine rings is 1. The minimum Gasteiger partial charge on any atom is -0.508 e. The van der Waals surface area contributed by atoms with Crippen LogP contribution in [-0.4, -0.2) is 36.8 Å². The van der Waals surface area contributed by atoms with E-state index in [0.29, 0.717) is 31.6 Å². The van der Waals surface area contributed by atoms with Crippen LogP contribution >= 0.6 is 0 Å². The lowest BCUT2D eigenvalue weighted by molar-refractivity contribution is -0.120. The van der Waals surface area contributed by atoms with Crippen molar-refractivity contribution in [1.29, 1.82) is 0 Å². The summed E-state index contributed by atoms with van der Waals surface area (Å²) in [4.78, 5) is 12.7. The zero-order chi connectivity index (χ0) is 18.7. The molecular formula is C19H22N2O4S. The summed E-state index contributed by atoms with van der Waals surface area (Å²) in [6.45, 7) is 2.56. The molecule has 0 bridgehead atoms. The van der Waals surface area contributed by atoms with Gasteiger partial charge in [-0.25, -0.2) is 8.42 Å². The minimum atomic E-state index is -3.52. The zero-order valence-corrected chi connectivity index (χ0v) is 15.4. The van der Waals surface area contributed by atoms with Crippen LogP contribution in [0, 0.1) is 12.8 Å². The van der Waals surface area contributed by atoms with Gasteiger partial charge in [-0.1, -0.05) is 17.7 Å². The van der Waals surface area contributed by atoms with Gasteiger partial charge in [0.1, 0.15) is 5.75 Å². The molecule has 26 heavy (non-hydrogen) atoms. The van der Waals surface area contributed by atoms with Crippen molar-refractivity contribution >= 4 is 21.6 Å². The molecule has 2 N–H and O–H groups in total. The number of amides is 1. The molecule has 6 nitrogen and oxygen atoms in total. The second-order valence-corrected chi connectivity index (χ2v) is 8.47. The summed E-state index contributed by atoms with van der Waals surface area (Å²) >= 11 is 0. The third-order valence-corrected chi connectivity index (χ3v) is 6.53. The largest absolute Gasteiger partial charge is 0.508 e. The van der Waals surface area contributed by atoms with Gasteiger partial charge in [-0.2, -0.15) is 4.31 Å². The van der Waals surface area contributed by atoms with E-state index in [1.807, 2.05) is 6.92 Å². The smallest absolute Gasteiger partial charge is 0.243 e. The average Bonchev–Trinajstić information content (AvgIpc) is 2.64. The van der Waals surface area contributed by atoms with Gasteiger partial charge >= 0.3 is 0 Å². The van der Waals surface area contributed by atoms with Crippen LogP contribution in [0.25, 0.3) is 0 Å². The fourth-order valence-electron chi connectivity index (χ4n) is 3.01. The molecule has 1 heterocycles. The standard InChI is InChI=1S/C19H22N2O4S/c1-14-2-8-18(9-3-14)26(24,25)21-12-10-15(11-13-21)19(23)20-16-4-6-17(22)7-5-16/h2-9,15,22H,10-13H2,1H3,(H,20,23). The van der Waals surface area contributed by atoms with Crippen molar-refractivity contribution in [2.24, 2.45) is 5.92 Å². The van der Waals surface area contributed by atoms with Gasteiger partial charge < -0.3 is 10.4 Å². The van der Waals surface area contributed by atoms with Crippen molar-refractivity contribution in [3.63, 3.8) is 0 Å². The number of hydrogen-bond acceptors (Lipinski definition) is 4. The lowest BCUT2D eigenvalue weighted by atomic mass is 9.97. The van der Waals surface area contributed by atoms with Crippen LogP contribution < -0.4 is 5.32 Å². The van der Waals surface area contributed by atoms with Crippen molar-refractivity contribution in [3.05, 3.63) is 54.1 Å². The maximum absolute atomic E-state index is 12.7. The Balaban J connectivity index is 1.60. The molecule has 2 aromatic carbocycles. The predicted octanol–water partition coefficient (Wildman–Crippen LogP) is 2.74. The molecule has 3 rings (SSSR count). The zero-order valence-electron chi connectivity index (χ0n) is 14.6. The van der Waals surface area contributed by atoms with Crippen molar-refractivity contribution in [2.75, 3.05) is 18.4 Å². The number of carbonyl (C=O) groups excluding carboxylic acids is 1. The molecule has 1 amide bonds. The Kier molecular flexibility index (Phi) is 5.29. The van der Waals surface area contributed by atoms with Gasteiger partial charge in [0.15, 0.2) is 0 Å². The summed E-state index contributed by atoms with van der Waals surface area (Å²) in [5.74, 6) is -0.214. The number of nitrogens with one attached hydrogen (secondary N) is 1. The number of carbonyl (C=O) groups is 1. The number of aromatic hydroxyl groups is 1. The number of anilines is 1. The van der Waals surface area contributed by atoms with Crippen LogP contribution in [0.15, 0.2) is 53.4 Å². The van der Waals surface area contributed by atoms with E-state index in [0.717, 1.165) is 5.56 Å². The van der Waals surface area contributed by atoms with E-state index >= 15 is 0 Å². The Morgan fingerprint density at radius 2 is 1.62 bits per heavy atom. The third kappa shape index (κ3) is 4.05. The van der Waals surface area contributed by atoms with Crippen LogP contribution in [0.4, 0.5) is 5.69 Å². The number of rotatable bonds is 4. The van der Waals surface area contributed by atoms with Gasteiger partial charge in [0, 0.05) is 24.7 Å². The maximum Gasteiger partial charge on any atom is 0.243 e. The van der Waals surface area contributed by atoms with Crippen LogP contribution in [0.1, 0.15) is 18.4 Å². The highest BCUT2D eigenvalue weighted by atomic mass is 32.2. The highest BCUT2D eigenvalue weighted by molar-refractivity contribution is 7.89. The number of benzene rings is 2. The molecule has 1 saturated heterocycles. The minimum absolute atomic E-state index is 0.122. The van der Waals surface area contributed by atoms with Gasteiger partial charge in [-0.05, 0) is 56.2 Å². The lowest BCUT2D eigenvalue weighted by Crippen LogP contribution is -2.41. The van der Waals surface area contributed by atoms with E-state index < -0.39 is 10.0 Å². The summed E-state index contributed by atoms with van der Waals surface area (Å²) in [7, 11) is -3.52. The number of phenolic OH excluding ortho intramolecular Hbond substituents is 1.